The number of hydrogen-bond donors (Lipinski definition) is 0. The highest BCUT2D eigenvalue weighted by Gasteiger charge is 2.18. The van der Waals surface area contributed by atoms with Gasteiger partial charge in [0.2, 0.25) is 17.6 Å². The molecule has 0 amide bonds. The third-order valence-electron chi connectivity index (χ3n) is 10.3. The van der Waals surface area contributed by atoms with Gasteiger partial charge in [-0.3, -0.25) is 4.98 Å². The van der Waals surface area contributed by atoms with Crippen molar-refractivity contribution in [1.29, 1.82) is 10.5 Å². The average Bonchev–Trinajstić information content (AvgIpc) is 3.40. The molecule has 0 aliphatic carbocycles. The number of methoxy groups -OCH3 is 2. The van der Waals surface area contributed by atoms with E-state index >= 15 is 0 Å². The molecule has 0 aliphatic heterocycles. The highest BCUT2D eigenvalue weighted by molar-refractivity contribution is 5.79. The van der Waals surface area contributed by atoms with Crippen LogP contribution in [-0.4, -0.2) is 40.8 Å². The Morgan fingerprint density at radius 3 is 1.41 bits per heavy atom. The van der Waals surface area contributed by atoms with Gasteiger partial charge in [-0.2, -0.15) is 10.5 Å². The molecule has 0 fully saturated rings. The molecule has 0 spiro atoms. The van der Waals surface area contributed by atoms with Gasteiger partial charge < -0.3 is 14.2 Å². The summed E-state index contributed by atoms with van der Waals surface area (Å²) in [7, 11) is 2.93. The second kappa shape index (κ2) is 22.7. The number of nitrogens with zero attached hydrogens (tertiary/aromatic N) is 6. The van der Waals surface area contributed by atoms with Crippen LogP contribution >= 0.6 is 0 Å². The van der Waals surface area contributed by atoms with Crippen LogP contribution in [0.25, 0.3) is 67.2 Å². The van der Waals surface area contributed by atoms with Crippen molar-refractivity contribution in [3.8, 4) is 96.9 Å². The first-order valence-electron chi connectivity index (χ1n) is 21.1. The molecule has 9 aromatic rings. The van der Waals surface area contributed by atoms with Gasteiger partial charge in [0.15, 0.2) is 11.6 Å². The lowest BCUT2D eigenvalue weighted by atomic mass is 9.98. The molecule has 0 aliphatic rings. The van der Waals surface area contributed by atoms with Gasteiger partial charge in [0.25, 0.3) is 0 Å². The van der Waals surface area contributed by atoms with Crippen molar-refractivity contribution >= 4 is 0 Å². The summed E-state index contributed by atoms with van der Waals surface area (Å²) in [6.45, 7) is 2.47. The minimum absolute atomic E-state index is 0.138. The van der Waals surface area contributed by atoms with E-state index in [2.05, 4.69) is 26.0 Å². The minimum atomic E-state index is -0.978. The predicted molar refractivity (Wildman–Crippen MR) is 257 cm³/mol. The van der Waals surface area contributed by atoms with Gasteiger partial charge in [0.05, 0.1) is 37.9 Å². The molecule has 12 heteroatoms. The van der Waals surface area contributed by atoms with E-state index in [0.29, 0.717) is 40.8 Å². The first-order valence-corrected chi connectivity index (χ1v) is 21.1. The van der Waals surface area contributed by atoms with E-state index in [1.54, 1.807) is 30.6 Å². The maximum atomic E-state index is 13.6. The third kappa shape index (κ3) is 11.4. The molecule has 0 radical (unpaired) electrons. The van der Waals surface area contributed by atoms with Crippen molar-refractivity contribution in [2.45, 2.75) is 6.92 Å². The van der Waals surface area contributed by atoms with Crippen molar-refractivity contribution < 1.29 is 27.4 Å². The maximum Gasteiger partial charge on any atom is 0.232 e. The Morgan fingerprint density at radius 2 is 0.956 bits per heavy atom. The van der Waals surface area contributed by atoms with Crippen molar-refractivity contribution in [1.82, 2.24) is 19.9 Å². The molecule has 0 bridgehead atoms. The van der Waals surface area contributed by atoms with Crippen LogP contribution in [0.1, 0.15) is 18.1 Å². The topological polar surface area (TPSA) is 127 Å². The fourth-order valence-corrected chi connectivity index (χ4v) is 7.00. The van der Waals surface area contributed by atoms with Crippen LogP contribution in [0, 0.1) is 40.1 Å². The summed E-state index contributed by atoms with van der Waals surface area (Å²) in [6, 6.07) is 54.4. The molecule has 0 saturated heterocycles. The van der Waals surface area contributed by atoms with Crippen molar-refractivity contribution in [2.75, 3.05) is 20.8 Å². The number of benzene rings is 5. The molecule has 4 heterocycles. The molecule has 334 valence electrons. The largest absolute Gasteiger partial charge is 0.480 e. The lowest BCUT2D eigenvalue weighted by Crippen LogP contribution is -1.98. The fourth-order valence-electron chi connectivity index (χ4n) is 7.00. The Kier molecular flexibility index (Phi) is 15.6. The van der Waals surface area contributed by atoms with E-state index in [0.717, 1.165) is 62.5 Å². The second-order valence-corrected chi connectivity index (χ2v) is 14.6. The van der Waals surface area contributed by atoms with Crippen LogP contribution in [0.2, 0.25) is 0 Å². The monoisotopic (exact) mass is 902 g/mol. The van der Waals surface area contributed by atoms with E-state index in [9.17, 15) is 23.7 Å². The zero-order valence-corrected chi connectivity index (χ0v) is 37.1. The van der Waals surface area contributed by atoms with E-state index in [4.69, 9.17) is 14.2 Å². The van der Waals surface area contributed by atoms with E-state index in [1.165, 1.54) is 32.4 Å². The third-order valence-corrected chi connectivity index (χ3v) is 10.3. The number of pyridine rings is 4. The molecule has 0 atom stereocenters. The standard InChI is InChI=1S/C19H12F2N2O.C19H16FNO.C18H13N3O/c1-24-19-15(11-22)14(13-7-8-16(20)17(21)9-13)10-18(23-19)12-5-3-2-4-6-12;1-2-22-19-13-16(14-8-10-17(20)11-9-14)12-18(21-19)15-6-4-3-5-7-15;1-22-18-16(11-19)15(14-8-5-9-20-12-14)10-17(21-18)13-6-3-2-4-7-13/h2-10H,1H3;3-13H,2H2,1H3;2-10,12H,1H3. The minimum Gasteiger partial charge on any atom is -0.480 e. The van der Waals surface area contributed by atoms with Crippen LogP contribution in [0.3, 0.4) is 0 Å². The van der Waals surface area contributed by atoms with Crippen LogP contribution in [0.15, 0.2) is 182 Å². The predicted octanol–water partition coefficient (Wildman–Crippen LogP) is 13.2. The number of rotatable bonds is 10. The van der Waals surface area contributed by atoms with Gasteiger partial charge in [-0.25, -0.2) is 28.1 Å². The summed E-state index contributed by atoms with van der Waals surface area (Å²) >= 11 is 0. The molecule has 4 aromatic heterocycles. The van der Waals surface area contributed by atoms with Gasteiger partial charge in [-0.05, 0) is 72.1 Å². The van der Waals surface area contributed by atoms with Gasteiger partial charge in [-0.15, -0.1) is 0 Å². The summed E-state index contributed by atoms with van der Waals surface area (Å²) < 4.78 is 56.0. The SMILES string of the molecule is CCOc1cc(-c2ccc(F)cc2)cc(-c2ccccc2)n1.COc1nc(-c2ccccc2)cc(-c2ccc(F)c(F)c2)c1C#N.COc1nc(-c2ccccc2)cc(-c2cccnc2)c1C#N. The summed E-state index contributed by atoms with van der Waals surface area (Å²) in [6.07, 6.45) is 3.43. The molecular formula is C56H41F3N6O3. The normalized spacial score (nSPS) is 10.2. The number of hydrogen-bond acceptors (Lipinski definition) is 9. The van der Waals surface area contributed by atoms with Gasteiger partial charge in [0, 0.05) is 51.8 Å². The lowest BCUT2D eigenvalue weighted by Gasteiger charge is -2.12. The molecule has 9 nitrogen and oxygen atoms in total. The Hall–Kier alpha value is -9.13. The van der Waals surface area contributed by atoms with Crippen molar-refractivity contribution in [2.24, 2.45) is 0 Å². The number of ether oxygens (including phenoxy) is 3. The van der Waals surface area contributed by atoms with Crippen molar-refractivity contribution in [3.05, 3.63) is 211 Å². The molecule has 0 N–H and O–H groups in total. The van der Waals surface area contributed by atoms with E-state index in [1.807, 2.05) is 134 Å². The van der Waals surface area contributed by atoms with Gasteiger partial charge >= 0.3 is 0 Å². The van der Waals surface area contributed by atoms with Crippen LogP contribution in [0.5, 0.6) is 17.6 Å². The highest BCUT2D eigenvalue weighted by atomic mass is 19.2. The highest BCUT2D eigenvalue weighted by Crippen LogP contribution is 2.35. The maximum absolute atomic E-state index is 13.6. The van der Waals surface area contributed by atoms with Gasteiger partial charge in [-0.1, -0.05) is 115 Å². The zero-order valence-electron chi connectivity index (χ0n) is 37.1. The Labute approximate surface area is 392 Å². The van der Waals surface area contributed by atoms with Crippen LogP contribution in [0.4, 0.5) is 13.2 Å². The molecule has 9 rings (SSSR count). The number of halogens is 3. The number of nitriles is 2. The Balaban J connectivity index is 0.000000151. The molecule has 0 saturated carbocycles. The van der Waals surface area contributed by atoms with Crippen molar-refractivity contribution in [3.63, 3.8) is 0 Å². The van der Waals surface area contributed by atoms with Crippen LogP contribution in [-0.2, 0) is 0 Å². The molecule has 0 unspecified atom stereocenters. The Bertz CT molecular complexity index is 3200. The van der Waals surface area contributed by atoms with Gasteiger partial charge in [0.1, 0.15) is 29.1 Å². The van der Waals surface area contributed by atoms with Crippen LogP contribution < -0.4 is 14.2 Å². The fraction of sp³-hybridized carbons (Fsp3) is 0.0714. The lowest BCUT2D eigenvalue weighted by molar-refractivity contribution is 0.327. The Morgan fingerprint density at radius 1 is 0.471 bits per heavy atom. The van der Waals surface area contributed by atoms with E-state index < -0.39 is 11.6 Å². The first-order chi connectivity index (χ1) is 33.2. The molecule has 5 aromatic carbocycles. The summed E-state index contributed by atoms with van der Waals surface area (Å²) in [5.74, 6) is -1.13. The number of aromatic nitrogens is 4. The van der Waals surface area contributed by atoms with E-state index in [-0.39, 0.29) is 17.3 Å². The summed E-state index contributed by atoms with van der Waals surface area (Å²) in [4.78, 5) is 17.5. The smallest absolute Gasteiger partial charge is 0.232 e. The average molecular weight is 903 g/mol. The zero-order chi connectivity index (χ0) is 47.8. The molecular weight excluding hydrogens is 862 g/mol. The quantitative estimate of drug-likeness (QED) is 0.132. The summed E-state index contributed by atoms with van der Waals surface area (Å²) in [5, 5.41) is 18.9. The molecule has 68 heavy (non-hydrogen) atoms. The summed E-state index contributed by atoms with van der Waals surface area (Å²) in [5.41, 5.74) is 9.89. The first kappa shape index (κ1) is 46.9. The second-order valence-electron chi connectivity index (χ2n) is 14.6.